The maximum atomic E-state index is 13.4. The van der Waals surface area contributed by atoms with Crippen molar-refractivity contribution < 1.29 is 24.5 Å². The highest BCUT2D eigenvalue weighted by molar-refractivity contribution is 8.00. The first-order valence-electron chi connectivity index (χ1n) is 11.7. The number of anilines is 1. The Bertz CT molecular complexity index is 1600. The molecule has 1 unspecified atom stereocenters. The quantitative estimate of drug-likeness (QED) is 0.0883. The number of halogens is 1. The number of ketones is 1. The smallest absolute Gasteiger partial charge is 0.301 e. The van der Waals surface area contributed by atoms with Gasteiger partial charge in [-0.1, -0.05) is 88.8 Å². The monoisotopic (exact) mass is 579 g/mol. The lowest BCUT2D eigenvalue weighted by atomic mass is 9.95. The van der Waals surface area contributed by atoms with Gasteiger partial charge in [0.2, 0.25) is 5.13 Å². The van der Waals surface area contributed by atoms with Crippen LogP contribution in [-0.4, -0.2) is 39.2 Å². The van der Waals surface area contributed by atoms with Gasteiger partial charge in [0, 0.05) is 16.3 Å². The van der Waals surface area contributed by atoms with Crippen LogP contribution in [0.1, 0.15) is 28.3 Å². The van der Waals surface area contributed by atoms with Crippen LogP contribution in [0, 0.1) is 6.92 Å². The predicted octanol–water partition coefficient (Wildman–Crippen LogP) is 6.13. The number of rotatable bonds is 7. The number of aryl methyl sites for hydroxylation is 1. The second kappa shape index (κ2) is 11.1. The molecule has 198 valence electrons. The minimum Gasteiger partial charge on any atom is -0.507 e. The molecular formula is C28H22ClN3O5S2. The molecule has 0 spiro atoms. The van der Waals surface area contributed by atoms with Gasteiger partial charge in [-0.25, -0.2) is 0 Å². The molecule has 1 amide bonds. The number of aliphatic hydroxyl groups excluding tert-OH is 1. The van der Waals surface area contributed by atoms with Crippen molar-refractivity contribution in [3.63, 3.8) is 0 Å². The molecule has 1 aliphatic heterocycles. The third-order valence-electron chi connectivity index (χ3n) is 6.20. The molecule has 2 N–H and O–H groups in total. The fraction of sp³-hybridized carbons (Fsp3) is 0.143. The number of phenolic OH excluding ortho intramolecular Hbond substituents is 1. The van der Waals surface area contributed by atoms with Crippen LogP contribution in [0.4, 0.5) is 5.13 Å². The molecule has 4 aromatic rings. The zero-order valence-electron chi connectivity index (χ0n) is 20.8. The Labute approximate surface area is 237 Å². The lowest BCUT2D eigenvalue weighted by Gasteiger charge is -2.23. The number of carbonyl (C=O) groups excluding carboxylic acids is 2. The second-order valence-electron chi connectivity index (χ2n) is 8.70. The molecule has 8 nitrogen and oxygen atoms in total. The average Bonchev–Trinajstić information content (AvgIpc) is 3.50. The molecule has 0 saturated carbocycles. The Morgan fingerprint density at radius 2 is 1.85 bits per heavy atom. The highest BCUT2D eigenvalue weighted by atomic mass is 35.5. The summed E-state index contributed by atoms with van der Waals surface area (Å²) < 4.78 is 5.84. The Morgan fingerprint density at radius 3 is 2.56 bits per heavy atom. The molecule has 1 fully saturated rings. The van der Waals surface area contributed by atoms with Crippen molar-refractivity contribution in [1.29, 1.82) is 0 Å². The van der Waals surface area contributed by atoms with Crippen LogP contribution in [-0.2, 0) is 15.3 Å². The third kappa shape index (κ3) is 5.23. The standard InChI is InChI=1S/C28H22ClN3O5S2/c1-15-7-9-16(10-8-15)24(34)22-23(17-11-12-20(33)21(13-17)37-2)32(26(36)25(22)35)27-30-31-28(39-27)38-14-18-5-3-4-6-19(18)29/h3-13,23,33-34H,14H2,1-2H3/b24-22-. The number of hydrogen-bond donors (Lipinski definition) is 2. The summed E-state index contributed by atoms with van der Waals surface area (Å²) in [5.41, 5.74) is 2.63. The average molecular weight is 580 g/mol. The maximum Gasteiger partial charge on any atom is 0.301 e. The molecule has 39 heavy (non-hydrogen) atoms. The summed E-state index contributed by atoms with van der Waals surface area (Å²) in [5.74, 6) is -1.43. The molecule has 1 atom stereocenters. The number of thioether (sulfide) groups is 1. The Balaban J connectivity index is 1.57. The molecule has 0 bridgehead atoms. The summed E-state index contributed by atoms with van der Waals surface area (Å²) in [6.45, 7) is 1.91. The van der Waals surface area contributed by atoms with Crippen molar-refractivity contribution in [2.45, 2.75) is 23.1 Å². The van der Waals surface area contributed by atoms with E-state index in [1.807, 2.05) is 31.2 Å². The summed E-state index contributed by atoms with van der Waals surface area (Å²) in [5, 5.41) is 30.7. The maximum absolute atomic E-state index is 13.4. The first kappa shape index (κ1) is 26.7. The Morgan fingerprint density at radius 1 is 1.10 bits per heavy atom. The van der Waals surface area contributed by atoms with Gasteiger partial charge < -0.3 is 14.9 Å². The molecule has 0 aliphatic carbocycles. The number of phenols is 1. The molecule has 3 aromatic carbocycles. The summed E-state index contributed by atoms with van der Waals surface area (Å²) in [4.78, 5) is 28.0. The summed E-state index contributed by atoms with van der Waals surface area (Å²) >= 11 is 8.82. The molecule has 1 aromatic heterocycles. The van der Waals surface area contributed by atoms with Crippen LogP contribution in [0.3, 0.4) is 0 Å². The number of methoxy groups -OCH3 is 1. The van der Waals surface area contributed by atoms with Gasteiger partial charge in [-0.15, -0.1) is 10.2 Å². The highest BCUT2D eigenvalue weighted by Crippen LogP contribution is 2.45. The summed E-state index contributed by atoms with van der Waals surface area (Å²) in [6, 6.07) is 17.9. The van der Waals surface area contributed by atoms with Gasteiger partial charge >= 0.3 is 5.91 Å². The first-order chi connectivity index (χ1) is 18.8. The topological polar surface area (TPSA) is 113 Å². The van der Waals surface area contributed by atoms with E-state index in [-0.39, 0.29) is 28.0 Å². The van der Waals surface area contributed by atoms with Crippen LogP contribution < -0.4 is 9.64 Å². The van der Waals surface area contributed by atoms with E-state index in [0.29, 0.717) is 26.2 Å². The van der Waals surface area contributed by atoms with Crippen molar-refractivity contribution in [2.75, 3.05) is 12.0 Å². The number of carbonyl (C=O) groups is 2. The van der Waals surface area contributed by atoms with Crippen molar-refractivity contribution in [1.82, 2.24) is 10.2 Å². The van der Waals surface area contributed by atoms with Crippen molar-refractivity contribution >= 4 is 57.3 Å². The van der Waals surface area contributed by atoms with Crippen LogP contribution in [0.2, 0.25) is 5.02 Å². The number of amides is 1. The minimum atomic E-state index is -1.03. The van der Waals surface area contributed by atoms with Gasteiger partial charge in [0.05, 0.1) is 18.7 Å². The van der Waals surface area contributed by atoms with Gasteiger partial charge in [0.25, 0.3) is 5.78 Å². The lowest BCUT2D eigenvalue weighted by Crippen LogP contribution is -2.29. The summed E-state index contributed by atoms with van der Waals surface area (Å²) in [6.07, 6.45) is 0. The van der Waals surface area contributed by atoms with Crippen LogP contribution in [0.5, 0.6) is 11.5 Å². The zero-order chi connectivity index (χ0) is 27.7. The van der Waals surface area contributed by atoms with Crippen molar-refractivity contribution in [3.05, 3.63) is 99.6 Å². The number of hydrogen-bond acceptors (Lipinski definition) is 9. The summed E-state index contributed by atoms with van der Waals surface area (Å²) in [7, 11) is 1.40. The molecule has 0 radical (unpaired) electrons. The molecule has 2 heterocycles. The zero-order valence-corrected chi connectivity index (χ0v) is 23.2. The van der Waals surface area contributed by atoms with E-state index >= 15 is 0 Å². The number of Topliss-reactive ketones (excluding diaryl/α,β-unsaturated/α-hetero) is 1. The number of ether oxygens (including phenoxy) is 1. The second-order valence-corrected chi connectivity index (χ2v) is 11.3. The molecular weight excluding hydrogens is 558 g/mol. The molecule has 5 rings (SSSR count). The normalized spacial score (nSPS) is 16.6. The van der Waals surface area contributed by atoms with Crippen molar-refractivity contribution in [2.24, 2.45) is 0 Å². The molecule has 1 aliphatic rings. The third-order valence-corrected chi connectivity index (χ3v) is 8.67. The number of benzene rings is 3. The number of aliphatic hydroxyl groups is 1. The van der Waals surface area contributed by atoms with E-state index in [4.69, 9.17) is 16.3 Å². The van der Waals surface area contributed by atoms with E-state index in [1.54, 1.807) is 30.3 Å². The van der Waals surface area contributed by atoms with Crippen molar-refractivity contribution in [3.8, 4) is 11.5 Å². The van der Waals surface area contributed by atoms with Crippen LogP contribution in [0.15, 0.2) is 76.6 Å². The van der Waals surface area contributed by atoms with E-state index < -0.39 is 17.7 Å². The van der Waals surface area contributed by atoms with E-state index in [2.05, 4.69) is 10.2 Å². The molecule has 1 saturated heterocycles. The van der Waals surface area contributed by atoms with Crippen LogP contribution in [0.25, 0.3) is 5.76 Å². The lowest BCUT2D eigenvalue weighted by molar-refractivity contribution is -0.132. The first-order valence-corrected chi connectivity index (χ1v) is 13.9. The Hall–Kier alpha value is -3.86. The van der Waals surface area contributed by atoms with Gasteiger partial charge in [-0.3, -0.25) is 14.5 Å². The van der Waals surface area contributed by atoms with E-state index in [9.17, 15) is 19.8 Å². The Kier molecular flexibility index (Phi) is 7.60. The number of aromatic hydroxyl groups is 1. The number of aromatic nitrogens is 2. The van der Waals surface area contributed by atoms with Crippen LogP contribution >= 0.6 is 34.7 Å². The van der Waals surface area contributed by atoms with Gasteiger partial charge in [0.15, 0.2) is 15.8 Å². The predicted molar refractivity (Wildman–Crippen MR) is 152 cm³/mol. The van der Waals surface area contributed by atoms with E-state index in [1.165, 1.54) is 35.9 Å². The largest absolute Gasteiger partial charge is 0.507 e. The molecule has 11 heteroatoms. The number of nitrogens with zero attached hydrogens (tertiary/aromatic N) is 3. The van der Waals surface area contributed by atoms with Gasteiger partial charge in [-0.05, 0) is 36.2 Å². The van der Waals surface area contributed by atoms with E-state index in [0.717, 1.165) is 22.5 Å². The van der Waals surface area contributed by atoms with Gasteiger partial charge in [0.1, 0.15) is 5.76 Å². The fourth-order valence-corrected chi connectivity index (χ4v) is 6.34. The highest BCUT2D eigenvalue weighted by Gasteiger charge is 2.48. The minimum absolute atomic E-state index is 0.0999. The van der Waals surface area contributed by atoms with Gasteiger partial charge in [-0.2, -0.15) is 0 Å². The fourth-order valence-electron chi connectivity index (χ4n) is 4.19. The SMILES string of the molecule is COc1cc(C2/C(=C(/O)c3ccc(C)cc3)C(=O)C(=O)N2c2nnc(SCc3ccccc3Cl)s2)ccc1O.